The minimum atomic E-state index is -0.635. The van der Waals surface area contributed by atoms with E-state index in [4.69, 9.17) is 11.5 Å². The molecule has 0 radical (unpaired) electrons. The largest absolute Gasteiger partial charge is 0.397 e. The van der Waals surface area contributed by atoms with E-state index in [0.29, 0.717) is 23.0 Å². The first-order valence-electron chi connectivity index (χ1n) is 6.87. The topological polar surface area (TPSA) is 110 Å². The lowest BCUT2D eigenvalue weighted by Gasteiger charge is -2.05. The molecule has 0 aliphatic heterocycles. The van der Waals surface area contributed by atoms with Gasteiger partial charge in [0.15, 0.2) is 0 Å². The van der Waals surface area contributed by atoms with Crippen LogP contribution in [0.15, 0.2) is 12.7 Å². The van der Waals surface area contributed by atoms with Crippen molar-refractivity contribution >= 4 is 33.8 Å². The second kappa shape index (κ2) is 8.31. The smallest absolute Gasteiger partial charge is 0.263 e. The van der Waals surface area contributed by atoms with E-state index in [1.807, 2.05) is 0 Å². The average molecular weight is 310 g/mol. The Hall–Kier alpha value is -2.02. The summed E-state index contributed by atoms with van der Waals surface area (Å²) < 4.78 is 0. The van der Waals surface area contributed by atoms with E-state index in [9.17, 15) is 9.59 Å². The highest BCUT2D eigenvalue weighted by atomic mass is 32.1. The number of nitrogen functional groups attached to an aromatic ring is 1. The molecule has 1 rings (SSSR count). The number of hydrogen-bond donors (Lipinski definition) is 4. The van der Waals surface area contributed by atoms with Gasteiger partial charge in [0.1, 0.15) is 9.88 Å². The average Bonchev–Trinajstić information content (AvgIpc) is 2.78. The lowest BCUT2D eigenvalue weighted by Crippen LogP contribution is -2.23. The standard InChI is InChI=1S/C14H22N4O2S/c1-3-5-6-8-18-14-9(12(16)19)10(15)11(21-14)13(20)17-7-4-2/h4,18H,2-3,5-8,15H2,1H3,(H2,16,19)(H,17,20). The molecule has 1 heterocycles. The molecular formula is C14H22N4O2S. The van der Waals surface area contributed by atoms with E-state index >= 15 is 0 Å². The number of hydrogen-bond acceptors (Lipinski definition) is 5. The van der Waals surface area contributed by atoms with Gasteiger partial charge < -0.3 is 22.1 Å². The molecular weight excluding hydrogens is 288 g/mol. The summed E-state index contributed by atoms with van der Waals surface area (Å²) in [6.45, 7) is 6.68. The Labute approximate surface area is 128 Å². The number of primary amides is 1. The van der Waals surface area contributed by atoms with Crippen LogP contribution in [0.2, 0.25) is 0 Å². The first kappa shape index (κ1) is 17.0. The van der Waals surface area contributed by atoms with Gasteiger partial charge in [-0.3, -0.25) is 9.59 Å². The quantitative estimate of drug-likeness (QED) is 0.412. The molecule has 6 nitrogen and oxygen atoms in total. The monoisotopic (exact) mass is 310 g/mol. The molecule has 116 valence electrons. The van der Waals surface area contributed by atoms with Gasteiger partial charge in [0.05, 0.1) is 11.3 Å². The minimum absolute atomic E-state index is 0.132. The summed E-state index contributed by atoms with van der Waals surface area (Å²) in [5.41, 5.74) is 11.6. The van der Waals surface area contributed by atoms with E-state index in [-0.39, 0.29) is 17.2 Å². The third-order valence-corrected chi connectivity index (χ3v) is 4.03. The number of rotatable bonds is 9. The van der Waals surface area contributed by atoms with Gasteiger partial charge in [-0.25, -0.2) is 0 Å². The summed E-state index contributed by atoms with van der Waals surface area (Å²) in [4.78, 5) is 23.8. The number of unbranched alkanes of at least 4 members (excludes halogenated alkanes) is 2. The van der Waals surface area contributed by atoms with E-state index in [0.717, 1.165) is 30.6 Å². The number of anilines is 2. The SMILES string of the molecule is C=CCNC(=O)c1sc(NCCCCC)c(C(N)=O)c1N. The molecule has 0 saturated carbocycles. The van der Waals surface area contributed by atoms with Crippen LogP contribution < -0.4 is 22.1 Å². The number of nitrogens with two attached hydrogens (primary N) is 2. The van der Waals surface area contributed by atoms with Crippen LogP contribution in [0, 0.1) is 0 Å². The molecule has 1 aromatic heterocycles. The van der Waals surface area contributed by atoms with Crippen molar-refractivity contribution in [1.29, 1.82) is 0 Å². The normalized spacial score (nSPS) is 10.1. The second-order valence-corrected chi connectivity index (χ2v) is 5.57. The van der Waals surface area contributed by atoms with Crippen LogP contribution in [0.4, 0.5) is 10.7 Å². The summed E-state index contributed by atoms with van der Waals surface area (Å²) in [5.74, 6) is -0.967. The molecule has 0 bridgehead atoms. The van der Waals surface area contributed by atoms with Crippen LogP contribution in [0.5, 0.6) is 0 Å². The van der Waals surface area contributed by atoms with Crippen LogP contribution in [0.1, 0.15) is 46.2 Å². The lowest BCUT2D eigenvalue weighted by atomic mass is 10.2. The molecule has 0 saturated heterocycles. The Morgan fingerprint density at radius 1 is 1.38 bits per heavy atom. The zero-order valence-electron chi connectivity index (χ0n) is 12.2. The summed E-state index contributed by atoms with van der Waals surface area (Å²) in [5, 5.41) is 6.33. The highest BCUT2D eigenvalue weighted by Crippen LogP contribution is 2.35. The maximum atomic E-state index is 12.0. The molecule has 0 aliphatic carbocycles. The Kier molecular flexibility index (Phi) is 6.74. The second-order valence-electron chi connectivity index (χ2n) is 4.55. The van der Waals surface area contributed by atoms with Gasteiger partial charge in [-0.05, 0) is 6.42 Å². The molecule has 0 spiro atoms. The molecule has 21 heavy (non-hydrogen) atoms. The van der Waals surface area contributed by atoms with E-state index < -0.39 is 5.91 Å². The van der Waals surface area contributed by atoms with Crippen LogP contribution in [-0.4, -0.2) is 24.9 Å². The molecule has 0 unspecified atom stereocenters. The van der Waals surface area contributed by atoms with Crippen molar-refractivity contribution in [2.75, 3.05) is 24.1 Å². The first-order chi connectivity index (χ1) is 10.0. The van der Waals surface area contributed by atoms with Crippen LogP contribution in [0.25, 0.3) is 0 Å². The van der Waals surface area contributed by atoms with Crippen LogP contribution >= 0.6 is 11.3 Å². The lowest BCUT2D eigenvalue weighted by molar-refractivity contribution is 0.0962. The van der Waals surface area contributed by atoms with Gasteiger partial charge in [-0.15, -0.1) is 17.9 Å². The van der Waals surface area contributed by atoms with Gasteiger partial charge in [0, 0.05) is 13.1 Å². The zero-order valence-corrected chi connectivity index (χ0v) is 13.0. The van der Waals surface area contributed by atoms with E-state index in [1.54, 1.807) is 6.08 Å². The molecule has 7 heteroatoms. The summed E-state index contributed by atoms with van der Waals surface area (Å²) in [6.07, 6.45) is 4.74. The van der Waals surface area contributed by atoms with Crippen molar-refractivity contribution in [3.8, 4) is 0 Å². The Morgan fingerprint density at radius 3 is 2.67 bits per heavy atom. The van der Waals surface area contributed by atoms with Crippen LogP contribution in [-0.2, 0) is 0 Å². The highest BCUT2D eigenvalue weighted by Gasteiger charge is 2.23. The maximum absolute atomic E-state index is 12.0. The molecule has 6 N–H and O–H groups in total. The molecule has 0 aliphatic rings. The molecule has 0 aromatic carbocycles. The third kappa shape index (κ3) is 4.49. The van der Waals surface area contributed by atoms with Gasteiger partial charge in [0.2, 0.25) is 0 Å². The van der Waals surface area contributed by atoms with Gasteiger partial charge in [-0.1, -0.05) is 25.8 Å². The Balaban J connectivity index is 2.93. The fourth-order valence-corrected chi connectivity index (χ4v) is 2.87. The maximum Gasteiger partial charge on any atom is 0.263 e. The van der Waals surface area contributed by atoms with Crippen molar-refractivity contribution in [1.82, 2.24) is 5.32 Å². The predicted octanol–water partition coefficient (Wildman–Crippen LogP) is 1.95. The third-order valence-electron chi connectivity index (χ3n) is 2.87. The summed E-state index contributed by atoms with van der Waals surface area (Å²) in [7, 11) is 0. The van der Waals surface area contributed by atoms with Crippen molar-refractivity contribution in [2.24, 2.45) is 5.73 Å². The Morgan fingerprint density at radius 2 is 2.10 bits per heavy atom. The number of nitrogens with one attached hydrogen (secondary N) is 2. The fourth-order valence-electron chi connectivity index (χ4n) is 1.80. The Bertz CT molecular complexity index is 525. The van der Waals surface area contributed by atoms with Crippen LogP contribution in [0.3, 0.4) is 0 Å². The molecule has 0 fully saturated rings. The first-order valence-corrected chi connectivity index (χ1v) is 7.69. The van der Waals surface area contributed by atoms with E-state index in [2.05, 4.69) is 24.1 Å². The number of thiophene rings is 1. The van der Waals surface area contributed by atoms with Crippen molar-refractivity contribution in [3.05, 3.63) is 23.1 Å². The van der Waals surface area contributed by atoms with Gasteiger partial charge in [0.25, 0.3) is 11.8 Å². The number of amides is 2. The summed E-state index contributed by atoms with van der Waals surface area (Å²) in [6, 6.07) is 0. The van der Waals surface area contributed by atoms with Crippen molar-refractivity contribution in [3.63, 3.8) is 0 Å². The van der Waals surface area contributed by atoms with Gasteiger partial charge in [-0.2, -0.15) is 0 Å². The number of carbonyl (C=O) groups excluding carboxylic acids is 2. The molecule has 1 aromatic rings. The molecule has 2 amide bonds. The molecule has 0 atom stereocenters. The summed E-state index contributed by atoms with van der Waals surface area (Å²) >= 11 is 1.15. The predicted molar refractivity (Wildman–Crippen MR) is 87.8 cm³/mol. The zero-order chi connectivity index (χ0) is 15.8. The fraction of sp³-hybridized carbons (Fsp3) is 0.429. The van der Waals surface area contributed by atoms with Crippen molar-refractivity contribution in [2.45, 2.75) is 26.2 Å². The minimum Gasteiger partial charge on any atom is -0.397 e. The highest BCUT2D eigenvalue weighted by molar-refractivity contribution is 7.19. The van der Waals surface area contributed by atoms with Gasteiger partial charge >= 0.3 is 0 Å². The van der Waals surface area contributed by atoms with E-state index in [1.165, 1.54) is 0 Å². The van der Waals surface area contributed by atoms with Crippen molar-refractivity contribution < 1.29 is 9.59 Å². The number of carbonyl (C=O) groups is 2.